The Morgan fingerprint density at radius 3 is 2.32 bits per heavy atom. The molecule has 1 amide bonds. The van der Waals surface area contributed by atoms with Gasteiger partial charge in [-0.2, -0.15) is 0 Å². The SMILES string of the molecule is CC12CC3CC(C1)CC(C(=O)NC(C)(C)CN)(C3)C2. The minimum Gasteiger partial charge on any atom is -0.349 e. The summed E-state index contributed by atoms with van der Waals surface area (Å²) in [6.07, 6.45) is 7.39. The monoisotopic (exact) mass is 264 g/mol. The molecule has 3 heteroatoms. The number of carbonyl (C=O) groups excluding carboxylic acids is 1. The van der Waals surface area contributed by atoms with Crippen LogP contribution < -0.4 is 11.1 Å². The van der Waals surface area contributed by atoms with E-state index in [-0.39, 0.29) is 16.9 Å². The van der Waals surface area contributed by atoms with Crippen LogP contribution in [0.2, 0.25) is 0 Å². The number of hydrogen-bond acceptors (Lipinski definition) is 2. The summed E-state index contributed by atoms with van der Waals surface area (Å²) in [4.78, 5) is 12.8. The summed E-state index contributed by atoms with van der Waals surface area (Å²) >= 11 is 0. The van der Waals surface area contributed by atoms with Gasteiger partial charge in [0.2, 0.25) is 5.91 Å². The van der Waals surface area contributed by atoms with Crippen LogP contribution in [0.4, 0.5) is 0 Å². The van der Waals surface area contributed by atoms with E-state index < -0.39 is 0 Å². The van der Waals surface area contributed by atoms with Crippen LogP contribution >= 0.6 is 0 Å². The number of hydrogen-bond donors (Lipinski definition) is 2. The van der Waals surface area contributed by atoms with Crippen molar-refractivity contribution < 1.29 is 4.79 Å². The van der Waals surface area contributed by atoms with Crippen LogP contribution in [-0.2, 0) is 4.79 Å². The van der Waals surface area contributed by atoms with Crippen LogP contribution in [0.3, 0.4) is 0 Å². The maximum absolute atomic E-state index is 12.8. The van der Waals surface area contributed by atoms with Gasteiger partial charge in [-0.3, -0.25) is 4.79 Å². The molecular formula is C16H28N2O. The molecule has 108 valence electrons. The number of nitrogens with two attached hydrogens (primary N) is 1. The fraction of sp³-hybridized carbons (Fsp3) is 0.938. The van der Waals surface area contributed by atoms with Gasteiger partial charge < -0.3 is 11.1 Å². The summed E-state index contributed by atoms with van der Waals surface area (Å²) in [6.45, 7) is 6.94. The Morgan fingerprint density at radius 2 is 1.84 bits per heavy atom. The molecule has 4 aliphatic carbocycles. The minimum atomic E-state index is -0.276. The summed E-state index contributed by atoms with van der Waals surface area (Å²) in [7, 11) is 0. The molecule has 4 bridgehead atoms. The van der Waals surface area contributed by atoms with E-state index in [1.54, 1.807) is 0 Å². The van der Waals surface area contributed by atoms with Gasteiger partial charge in [0.25, 0.3) is 0 Å². The van der Waals surface area contributed by atoms with E-state index in [2.05, 4.69) is 12.2 Å². The van der Waals surface area contributed by atoms with Crippen molar-refractivity contribution in [3.63, 3.8) is 0 Å². The van der Waals surface area contributed by atoms with Gasteiger partial charge in [0.1, 0.15) is 0 Å². The first-order chi connectivity index (χ1) is 8.76. The van der Waals surface area contributed by atoms with Crippen molar-refractivity contribution in [1.29, 1.82) is 0 Å². The number of nitrogens with one attached hydrogen (secondary N) is 1. The Bertz CT molecular complexity index is 388. The second-order valence-electron chi connectivity index (χ2n) is 8.59. The predicted molar refractivity (Wildman–Crippen MR) is 76.5 cm³/mol. The zero-order valence-electron chi connectivity index (χ0n) is 12.6. The van der Waals surface area contributed by atoms with Crippen molar-refractivity contribution in [3.05, 3.63) is 0 Å². The fourth-order valence-corrected chi connectivity index (χ4v) is 5.48. The molecule has 2 atom stereocenters. The number of carbonyl (C=O) groups is 1. The molecule has 4 fully saturated rings. The molecule has 0 saturated heterocycles. The Labute approximate surface area is 116 Å². The van der Waals surface area contributed by atoms with E-state index in [0.29, 0.717) is 12.0 Å². The van der Waals surface area contributed by atoms with Crippen LogP contribution in [0.25, 0.3) is 0 Å². The standard InChI is InChI=1S/C16H28N2O/c1-14(2,10-17)18-13(19)16-7-11-4-12(8-16)6-15(3,5-11)9-16/h11-12H,4-10,17H2,1-3H3,(H,18,19). The molecule has 0 aliphatic heterocycles. The zero-order chi connectivity index (χ0) is 13.9. The second-order valence-corrected chi connectivity index (χ2v) is 8.59. The molecular weight excluding hydrogens is 236 g/mol. The zero-order valence-corrected chi connectivity index (χ0v) is 12.6. The lowest BCUT2D eigenvalue weighted by Gasteiger charge is -2.60. The van der Waals surface area contributed by atoms with Gasteiger partial charge in [0, 0.05) is 12.1 Å². The Hall–Kier alpha value is -0.570. The highest BCUT2D eigenvalue weighted by Crippen LogP contribution is 2.65. The molecule has 3 N–H and O–H groups in total. The average molecular weight is 264 g/mol. The Kier molecular flexibility index (Phi) is 2.80. The molecule has 0 aromatic carbocycles. The lowest BCUT2D eigenvalue weighted by atomic mass is 9.44. The van der Waals surface area contributed by atoms with Gasteiger partial charge >= 0.3 is 0 Å². The Morgan fingerprint density at radius 1 is 1.26 bits per heavy atom. The molecule has 4 rings (SSSR count). The maximum Gasteiger partial charge on any atom is 0.226 e. The quantitative estimate of drug-likeness (QED) is 0.822. The average Bonchev–Trinajstić information content (AvgIpc) is 2.25. The van der Waals surface area contributed by atoms with Gasteiger partial charge in [0.05, 0.1) is 5.41 Å². The molecule has 19 heavy (non-hydrogen) atoms. The van der Waals surface area contributed by atoms with Crippen molar-refractivity contribution in [3.8, 4) is 0 Å². The first kappa shape index (κ1) is 13.4. The highest BCUT2D eigenvalue weighted by molar-refractivity contribution is 5.84. The third-order valence-electron chi connectivity index (χ3n) is 5.80. The van der Waals surface area contributed by atoms with Crippen LogP contribution in [0.15, 0.2) is 0 Å². The minimum absolute atomic E-state index is 0.0781. The first-order valence-electron chi connectivity index (χ1n) is 7.79. The van der Waals surface area contributed by atoms with E-state index in [9.17, 15) is 4.79 Å². The lowest BCUT2D eigenvalue weighted by Crippen LogP contribution is -2.60. The third-order valence-corrected chi connectivity index (χ3v) is 5.80. The second kappa shape index (κ2) is 3.97. The first-order valence-corrected chi connectivity index (χ1v) is 7.79. The highest BCUT2D eigenvalue weighted by Gasteiger charge is 2.59. The van der Waals surface area contributed by atoms with Gasteiger partial charge in [-0.05, 0) is 69.6 Å². The van der Waals surface area contributed by atoms with E-state index in [1.807, 2.05) is 13.8 Å². The molecule has 4 aliphatic rings. The van der Waals surface area contributed by atoms with E-state index in [4.69, 9.17) is 5.73 Å². The van der Waals surface area contributed by atoms with Crippen molar-refractivity contribution in [2.75, 3.05) is 6.54 Å². The van der Waals surface area contributed by atoms with Gasteiger partial charge in [-0.25, -0.2) is 0 Å². The summed E-state index contributed by atoms with van der Waals surface area (Å²) in [5.74, 6) is 1.86. The topological polar surface area (TPSA) is 55.1 Å². The molecule has 4 saturated carbocycles. The smallest absolute Gasteiger partial charge is 0.226 e. The van der Waals surface area contributed by atoms with E-state index in [1.165, 1.54) is 19.3 Å². The van der Waals surface area contributed by atoms with Crippen LogP contribution in [0, 0.1) is 22.7 Å². The highest BCUT2D eigenvalue weighted by atomic mass is 16.2. The summed E-state index contributed by atoms with van der Waals surface area (Å²) in [5.41, 5.74) is 5.83. The molecule has 0 spiro atoms. The van der Waals surface area contributed by atoms with E-state index >= 15 is 0 Å². The van der Waals surface area contributed by atoms with Gasteiger partial charge in [-0.1, -0.05) is 6.92 Å². The van der Waals surface area contributed by atoms with Crippen molar-refractivity contribution in [2.45, 2.75) is 64.8 Å². The molecule has 0 aromatic rings. The van der Waals surface area contributed by atoms with Crippen molar-refractivity contribution >= 4 is 5.91 Å². The summed E-state index contributed by atoms with van der Waals surface area (Å²) < 4.78 is 0. The van der Waals surface area contributed by atoms with Gasteiger partial charge in [0.15, 0.2) is 0 Å². The fourth-order valence-electron chi connectivity index (χ4n) is 5.48. The van der Waals surface area contributed by atoms with Crippen LogP contribution in [0.5, 0.6) is 0 Å². The third kappa shape index (κ3) is 2.20. The van der Waals surface area contributed by atoms with Gasteiger partial charge in [-0.15, -0.1) is 0 Å². The molecule has 0 heterocycles. The summed E-state index contributed by atoms with van der Waals surface area (Å²) in [5, 5.41) is 3.22. The number of rotatable bonds is 3. The van der Waals surface area contributed by atoms with Crippen molar-refractivity contribution in [2.24, 2.45) is 28.4 Å². The Balaban J connectivity index is 1.82. The van der Waals surface area contributed by atoms with Crippen LogP contribution in [0.1, 0.15) is 59.3 Å². The lowest BCUT2D eigenvalue weighted by molar-refractivity contribution is -0.156. The number of amides is 1. The summed E-state index contributed by atoms with van der Waals surface area (Å²) in [6, 6.07) is 0. The maximum atomic E-state index is 12.8. The molecule has 0 radical (unpaired) electrons. The molecule has 3 nitrogen and oxygen atoms in total. The van der Waals surface area contributed by atoms with Crippen molar-refractivity contribution in [1.82, 2.24) is 5.32 Å². The van der Waals surface area contributed by atoms with E-state index in [0.717, 1.165) is 31.1 Å². The molecule has 0 aromatic heterocycles. The normalized spacial score (nSPS) is 44.4. The predicted octanol–water partition coefficient (Wildman–Crippen LogP) is 2.45. The van der Waals surface area contributed by atoms with Crippen LogP contribution in [-0.4, -0.2) is 18.0 Å². The molecule has 2 unspecified atom stereocenters. The largest absolute Gasteiger partial charge is 0.349 e.